The minimum atomic E-state index is -0.0178. The van der Waals surface area contributed by atoms with Gasteiger partial charge in [0, 0.05) is 44.5 Å². The van der Waals surface area contributed by atoms with Crippen molar-refractivity contribution >= 4 is 17.6 Å². The summed E-state index contributed by atoms with van der Waals surface area (Å²) in [6, 6.07) is 3.47. The Labute approximate surface area is 147 Å². The molecule has 24 heavy (non-hydrogen) atoms. The van der Waals surface area contributed by atoms with Gasteiger partial charge < -0.3 is 25.2 Å². The molecule has 0 radical (unpaired) electrons. The molecule has 1 aliphatic heterocycles. The maximum absolute atomic E-state index is 9.25. The molecule has 0 spiro atoms. The zero-order chi connectivity index (χ0) is 17.3. The smallest absolute Gasteiger partial charge is 0.213 e. The van der Waals surface area contributed by atoms with Gasteiger partial charge >= 0.3 is 0 Å². The fraction of sp³-hybridized carbons (Fsp3) is 0.625. The molecule has 1 fully saturated rings. The van der Waals surface area contributed by atoms with Crippen molar-refractivity contribution in [2.45, 2.75) is 12.8 Å². The fourth-order valence-corrected chi connectivity index (χ4v) is 2.69. The van der Waals surface area contributed by atoms with E-state index in [0.717, 1.165) is 19.4 Å². The zero-order valence-corrected chi connectivity index (χ0v) is 14.7. The van der Waals surface area contributed by atoms with Crippen LogP contribution in [0.15, 0.2) is 23.3 Å². The van der Waals surface area contributed by atoms with Gasteiger partial charge in [0.15, 0.2) is 5.96 Å². The van der Waals surface area contributed by atoms with Gasteiger partial charge in [0.05, 0.1) is 18.2 Å². The zero-order valence-electron chi connectivity index (χ0n) is 13.9. The molecular formula is C16H25ClN4O3. The molecule has 1 saturated heterocycles. The van der Waals surface area contributed by atoms with Gasteiger partial charge in [-0.1, -0.05) is 11.6 Å². The van der Waals surface area contributed by atoms with Crippen LogP contribution in [0, 0.1) is 5.41 Å². The van der Waals surface area contributed by atoms with E-state index >= 15 is 0 Å². The van der Waals surface area contributed by atoms with E-state index in [1.807, 2.05) is 0 Å². The Balaban J connectivity index is 1.69. The molecule has 0 aliphatic carbocycles. The third-order valence-corrected chi connectivity index (χ3v) is 4.25. The van der Waals surface area contributed by atoms with Gasteiger partial charge in [-0.05, 0) is 18.9 Å². The molecule has 1 aromatic rings. The van der Waals surface area contributed by atoms with Crippen LogP contribution in [-0.4, -0.2) is 62.6 Å². The largest absolute Gasteiger partial charge is 0.476 e. The number of ether oxygens (including phenoxy) is 2. The minimum Gasteiger partial charge on any atom is -0.476 e. The van der Waals surface area contributed by atoms with Crippen molar-refractivity contribution in [3.63, 3.8) is 0 Å². The first-order valence-corrected chi connectivity index (χ1v) is 8.43. The number of guanidine groups is 1. The SMILES string of the molecule is CN=C(NCCOc1ccc(Cl)cn1)NCC1(CCO)CCOC1. The average Bonchev–Trinajstić information content (AvgIpc) is 3.05. The van der Waals surface area contributed by atoms with Gasteiger partial charge in [0.2, 0.25) is 5.88 Å². The summed E-state index contributed by atoms with van der Waals surface area (Å²) in [5, 5.41) is 16.3. The van der Waals surface area contributed by atoms with Crippen LogP contribution in [0.4, 0.5) is 0 Å². The lowest BCUT2D eigenvalue weighted by Gasteiger charge is -2.27. The number of hydrogen-bond acceptors (Lipinski definition) is 5. The lowest BCUT2D eigenvalue weighted by Crippen LogP contribution is -2.45. The molecule has 2 heterocycles. The molecule has 3 N–H and O–H groups in total. The van der Waals surface area contributed by atoms with Gasteiger partial charge in [-0.15, -0.1) is 0 Å². The van der Waals surface area contributed by atoms with E-state index in [1.54, 1.807) is 25.4 Å². The van der Waals surface area contributed by atoms with Crippen LogP contribution < -0.4 is 15.4 Å². The first-order valence-electron chi connectivity index (χ1n) is 8.05. The highest BCUT2D eigenvalue weighted by Crippen LogP contribution is 2.31. The Kier molecular flexibility index (Phi) is 7.55. The van der Waals surface area contributed by atoms with Crippen molar-refractivity contribution < 1.29 is 14.6 Å². The monoisotopic (exact) mass is 356 g/mol. The molecule has 1 atom stereocenters. The highest BCUT2D eigenvalue weighted by molar-refractivity contribution is 6.30. The Morgan fingerprint density at radius 1 is 1.50 bits per heavy atom. The number of aliphatic imine (C=N–C) groups is 1. The Morgan fingerprint density at radius 3 is 3.00 bits per heavy atom. The predicted molar refractivity (Wildman–Crippen MR) is 93.7 cm³/mol. The maximum Gasteiger partial charge on any atom is 0.213 e. The molecule has 0 saturated carbocycles. The lowest BCUT2D eigenvalue weighted by molar-refractivity contribution is 0.127. The summed E-state index contributed by atoms with van der Waals surface area (Å²) >= 11 is 5.78. The lowest BCUT2D eigenvalue weighted by atomic mass is 9.84. The van der Waals surface area contributed by atoms with Crippen molar-refractivity contribution in [3.05, 3.63) is 23.4 Å². The molecule has 134 valence electrons. The highest BCUT2D eigenvalue weighted by Gasteiger charge is 2.34. The molecule has 0 amide bonds. The van der Waals surface area contributed by atoms with Gasteiger partial charge in [0.25, 0.3) is 0 Å². The Bertz CT molecular complexity index is 519. The molecule has 0 bridgehead atoms. The second-order valence-corrected chi connectivity index (χ2v) is 6.23. The normalized spacial score (nSPS) is 20.9. The van der Waals surface area contributed by atoms with Crippen LogP contribution in [0.3, 0.4) is 0 Å². The fourth-order valence-electron chi connectivity index (χ4n) is 2.58. The van der Waals surface area contributed by atoms with E-state index in [2.05, 4.69) is 20.6 Å². The second kappa shape index (κ2) is 9.66. The topological polar surface area (TPSA) is 88.0 Å². The van der Waals surface area contributed by atoms with Gasteiger partial charge in [-0.25, -0.2) is 4.98 Å². The third kappa shape index (κ3) is 5.81. The van der Waals surface area contributed by atoms with Crippen molar-refractivity contribution in [1.82, 2.24) is 15.6 Å². The molecule has 1 aliphatic rings. The molecular weight excluding hydrogens is 332 g/mol. The summed E-state index contributed by atoms with van der Waals surface area (Å²) < 4.78 is 11.0. The number of pyridine rings is 1. The standard InChI is InChI=1S/C16H25ClN4O3/c1-18-15(21-11-16(4-7-22)5-8-23-12-16)19-6-9-24-14-3-2-13(17)10-20-14/h2-3,10,22H,4-9,11-12H2,1H3,(H2,18,19,21). The number of aliphatic hydroxyl groups excluding tert-OH is 1. The number of halogens is 1. The number of aromatic nitrogens is 1. The average molecular weight is 357 g/mol. The molecule has 7 nitrogen and oxygen atoms in total. The van der Waals surface area contributed by atoms with E-state index < -0.39 is 0 Å². The molecule has 1 unspecified atom stereocenters. The van der Waals surface area contributed by atoms with Crippen LogP contribution in [0.1, 0.15) is 12.8 Å². The summed E-state index contributed by atoms with van der Waals surface area (Å²) in [6.07, 6.45) is 3.22. The number of nitrogens with one attached hydrogen (secondary N) is 2. The number of aliphatic hydroxyl groups is 1. The van der Waals surface area contributed by atoms with Gasteiger partial charge in [0.1, 0.15) is 6.61 Å². The Hall–Kier alpha value is -1.57. The van der Waals surface area contributed by atoms with E-state index in [0.29, 0.717) is 43.2 Å². The summed E-state index contributed by atoms with van der Waals surface area (Å²) in [4.78, 5) is 8.27. The summed E-state index contributed by atoms with van der Waals surface area (Å²) in [5.41, 5.74) is -0.0178. The van der Waals surface area contributed by atoms with E-state index in [9.17, 15) is 5.11 Å². The number of hydrogen-bond donors (Lipinski definition) is 3. The molecule has 2 rings (SSSR count). The van der Waals surface area contributed by atoms with Crippen LogP contribution >= 0.6 is 11.6 Å². The second-order valence-electron chi connectivity index (χ2n) is 5.79. The quantitative estimate of drug-likeness (QED) is 0.367. The molecule has 8 heteroatoms. The Morgan fingerprint density at radius 2 is 2.38 bits per heavy atom. The molecule has 1 aromatic heterocycles. The van der Waals surface area contributed by atoms with Gasteiger partial charge in [-0.2, -0.15) is 0 Å². The summed E-state index contributed by atoms with van der Waals surface area (Å²) in [7, 11) is 1.72. The maximum atomic E-state index is 9.25. The minimum absolute atomic E-state index is 0.0178. The van der Waals surface area contributed by atoms with Crippen LogP contribution in [0.25, 0.3) is 0 Å². The van der Waals surface area contributed by atoms with Crippen molar-refractivity contribution in [2.24, 2.45) is 10.4 Å². The van der Waals surface area contributed by atoms with E-state index in [4.69, 9.17) is 21.1 Å². The first kappa shape index (κ1) is 18.8. The predicted octanol–water partition coefficient (Wildman–Crippen LogP) is 1.07. The van der Waals surface area contributed by atoms with E-state index in [-0.39, 0.29) is 12.0 Å². The summed E-state index contributed by atoms with van der Waals surface area (Å²) in [5.74, 6) is 1.24. The molecule has 0 aromatic carbocycles. The highest BCUT2D eigenvalue weighted by atomic mass is 35.5. The van der Waals surface area contributed by atoms with Crippen LogP contribution in [-0.2, 0) is 4.74 Å². The van der Waals surface area contributed by atoms with Crippen molar-refractivity contribution in [3.8, 4) is 5.88 Å². The number of rotatable bonds is 8. The third-order valence-electron chi connectivity index (χ3n) is 4.03. The van der Waals surface area contributed by atoms with Crippen LogP contribution in [0.5, 0.6) is 5.88 Å². The summed E-state index contributed by atoms with van der Waals surface area (Å²) in [6.45, 7) is 3.35. The van der Waals surface area contributed by atoms with E-state index in [1.165, 1.54) is 0 Å². The van der Waals surface area contributed by atoms with Crippen molar-refractivity contribution in [1.29, 1.82) is 0 Å². The first-order chi connectivity index (χ1) is 11.7. The van der Waals surface area contributed by atoms with Crippen LogP contribution in [0.2, 0.25) is 5.02 Å². The van der Waals surface area contributed by atoms with Crippen molar-refractivity contribution in [2.75, 3.05) is 46.6 Å². The number of nitrogens with zero attached hydrogens (tertiary/aromatic N) is 2. The van der Waals surface area contributed by atoms with Gasteiger partial charge in [-0.3, -0.25) is 4.99 Å².